The summed E-state index contributed by atoms with van der Waals surface area (Å²) in [6, 6.07) is 4.03. The Morgan fingerprint density at radius 2 is 2.00 bits per heavy atom. The Kier molecular flexibility index (Phi) is 5.03. The van der Waals surface area contributed by atoms with Gasteiger partial charge in [0.1, 0.15) is 11.3 Å². The Morgan fingerprint density at radius 3 is 2.74 bits per heavy atom. The van der Waals surface area contributed by atoms with Crippen LogP contribution in [0.2, 0.25) is 0 Å². The molecule has 0 aliphatic carbocycles. The number of aromatic nitrogens is 1. The lowest BCUT2D eigenvalue weighted by molar-refractivity contribution is 0.00612. The first kappa shape index (κ1) is 16.1. The first-order valence-corrected chi connectivity index (χ1v) is 7.78. The lowest BCUT2D eigenvalue weighted by Crippen LogP contribution is -2.37. The van der Waals surface area contributed by atoms with Crippen molar-refractivity contribution in [3.8, 4) is 0 Å². The lowest BCUT2D eigenvalue weighted by Gasteiger charge is -2.34. The molecule has 1 fully saturated rings. The van der Waals surface area contributed by atoms with Gasteiger partial charge < -0.3 is 14.4 Å². The van der Waals surface area contributed by atoms with Crippen molar-refractivity contribution < 1.29 is 18.3 Å². The molecule has 2 heterocycles. The molecule has 124 valence electrons. The predicted molar refractivity (Wildman–Crippen MR) is 84.7 cm³/mol. The number of ether oxygens (including phenoxy) is 2. The highest BCUT2D eigenvalue weighted by Crippen LogP contribution is 2.30. The molecule has 0 spiro atoms. The highest BCUT2D eigenvalue weighted by atomic mass is 19.1. The van der Waals surface area contributed by atoms with Gasteiger partial charge in [-0.15, -0.1) is 0 Å². The minimum atomic E-state index is -0.625. The molecule has 1 aliphatic heterocycles. The van der Waals surface area contributed by atoms with Crippen LogP contribution in [0, 0.1) is 11.6 Å². The summed E-state index contributed by atoms with van der Waals surface area (Å²) in [6.45, 7) is 2.76. The van der Waals surface area contributed by atoms with Crippen LogP contribution >= 0.6 is 0 Å². The zero-order chi connectivity index (χ0) is 16.2. The van der Waals surface area contributed by atoms with Gasteiger partial charge in [-0.05, 0) is 25.0 Å². The van der Waals surface area contributed by atoms with Gasteiger partial charge in [0.2, 0.25) is 0 Å². The van der Waals surface area contributed by atoms with Crippen LogP contribution in [0.5, 0.6) is 0 Å². The van der Waals surface area contributed by atoms with E-state index in [9.17, 15) is 8.78 Å². The van der Waals surface area contributed by atoms with Crippen LogP contribution in [0.25, 0.3) is 10.9 Å². The van der Waals surface area contributed by atoms with E-state index in [1.807, 2.05) is 6.07 Å². The number of benzene rings is 1. The summed E-state index contributed by atoms with van der Waals surface area (Å²) in [5, 5.41) is 0.517. The Hall–Kier alpha value is -1.79. The Bertz CT molecular complexity index is 673. The van der Waals surface area contributed by atoms with Crippen molar-refractivity contribution in [2.75, 3.05) is 38.3 Å². The fourth-order valence-electron chi connectivity index (χ4n) is 3.00. The van der Waals surface area contributed by atoms with Crippen LogP contribution in [0.1, 0.15) is 12.8 Å². The van der Waals surface area contributed by atoms with Crippen molar-refractivity contribution in [1.29, 1.82) is 0 Å². The molecule has 0 atom stereocenters. The van der Waals surface area contributed by atoms with Gasteiger partial charge in [0.15, 0.2) is 5.82 Å². The number of anilines is 1. The maximum Gasteiger partial charge on any atom is 0.152 e. The Labute approximate surface area is 134 Å². The summed E-state index contributed by atoms with van der Waals surface area (Å²) >= 11 is 0. The van der Waals surface area contributed by atoms with E-state index in [-0.39, 0.29) is 11.6 Å². The van der Waals surface area contributed by atoms with Crippen LogP contribution in [0.3, 0.4) is 0 Å². The van der Waals surface area contributed by atoms with E-state index in [2.05, 4.69) is 9.88 Å². The van der Waals surface area contributed by atoms with Crippen LogP contribution in [0.15, 0.2) is 24.4 Å². The molecule has 0 N–H and O–H groups in total. The summed E-state index contributed by atoms with van der Waals surface area (Å²) in [5.41, 5.74) is 1.03. The maximum absolute atomic E-state index is 13.9. The average Bonchev–Trinajstić information content (AvgIpc) is 2.55. The molecule has 0 bridgehead atoms. The number of rotatable bonds is 5. The van der Waals surface area contributed by atoms with E-state index in [0.717, 1.165) is 37.7 Å². The second-order valence-electron chi connectivity index (χ2n) is 5.66. The van der Waals surface area contributed by atoms with Crippen molar-refractivity contribution in [1.82, 2.24) is 4.98 Å². The van der Waals surface area contributed by atoms with Gasteiger partial charge in [-0.3, -0.25) is 4.98 Å². The van der Waals surface area contributed by atoms with Gasteiger partial charge in [0, 0.05) is 43.5 Å². The van der Waals surface area contributed by atoms with Gasteiger partial charge in [-0.25, -0.2) is 8.78 Å². The number of halogens is 2. The number of hydrogen-bond acceptors (Lipinski definition) is 4. The van der Waals surface area contributed by atoms with E-state index < -0.39 is 11.6 Å². The highest BCUT2D eigenvalue weighted by Gasteiger charge is 2.22. The third kappa shape index (κ3) is 3.59. The zero-order valence-corrected chi connectivity index (χ0v) is 13.1. The second-order valence-corrected chi connectivity index (χ2v) is 5.66. The third-order valence-corrected chi connectivity index (χ3v) is 4.16. The Balaban J connectivity index is 1.75. The smallest absolute Gasteiger partial charge is 0.152 e. The molecule has 1 aromatic carbocycles. The number of methoxy groups -OCH3 is 1. The Morgan fingerprint density at radius 1 is 1.22 bits per heavy atom. The lowest BCUT2D eigenvalue weighted by atomic mass is 10.1. The number of fused-ring (bicyclic) bond motifs is 1. The molecule has 3 rings (SSSR count). The van der Waals surface area contributed by atoms with Crippen molar-refractivity contribution in [2.24, 2.45) is 0 Å². The van der Waals surface area contributed by atoms with Crippen LogP contribution in [0.4, 0.5) is 14.5 Å². The summed E-state index contributed by atoms with van der Waals surface area (Å²) < 4.78 is 38.2. The van der Waals surface area contributed by atoms with E-state index in [1.165, 1.54) is 6.07 Å². The first-order chi connectivity index (χ1) is 11.2. The van der Waals surface area contributed by atoms with Crippen molar-refractivity contribution >= 4 is 16.6 Å². The zero-order valence-electron chi connectivity index (χ0n) is 13.1. The molecular weight excluding hydrogens is 302 g/mol. The van der Waals surface area contributed by atoms with Crippen molar-refractivity contribution in [3.63, 3.8) is 0 Å². The molecular formula is C17H20F2N2O2. The van der Waals surface area contributed by atoms with Gasteiger partial charge in [0.25, 0.3) is 0 Å². The topological polar surface area (TPSA) is 34.6 Å². The average molecular weight is 322 g/mol. The minimum absolute atomic E-state index is 0.211. The molecule has 6 heteroatoms. The molecule has 0 unspecified atom stereocenters. The summed E-state index contributed by atoms with van der Waals surface area (Å²) in [6.07, 6.45) is 3.54. The molecule has 23 heavy (non-hydrogen) atoms. The second kappa shape index (κ2) is 7.19. The van der Waals surface area contributed by atoms with E-state index >= 15 is 0 Å². The SMILES string of the molecule is COCCOC1CCN(c2ccnc3c(F)cc(F)cc23)CC1. The van der Waals surface area contributed by atoms with Crippen molar-refractivity contribution in [3.05, 3.63) is 36.0 Å². The minimum Gasteiger partial charge on any atom is -0.382 e. The summed E-state index contributed by atoms with van der Waals surface area (Å²) in [5.74, 6) is -1.21. The van der Waals surface area contributed by atoms with E-state index in [4.69, 9.17) is 9.47 Å². The molecule has 4 nitrogen and oxygen atoms in total. The van der Waals surface area contributed by atoms with Gasteiger partial charge in [0.05, 0.1) is 19.3 Å². The van der Waals surface area contributed by atoms with E-state index in [0.29, 0.717) is 18.6 Å². The number of nitrogens with zero attached hydrogens (tertiary/aromatic N) is 2. The molecule has 0 saturated carbocycles. The van der Waals surface area contributed by atoms with Gasteiger partial charge in [-0.1, -0.05) is 0 Å². The summed E-state index contributed by atoms with van der Waals surface area (Å²) in [4.78, 5) is 6.17. The summed E-state index contributed by atoms with van der Waals surface area (Å²) in [7, 11) is 1.65. The van der Waals surface area contributed by atoms with Crippen LogP contribution in [-0.4, -0.2) is 44.5 Å². The van der Waals surface area contributed by atoms with Gasteiger partial charge in [-0.2, -0.15) is 0 Å². The predicted octanol–water partition coefficient (Wildman–Crippen LogP) is 3.14. The standard InChI is InChI=1S/C17H20F2N2O2/c1-22-8-9-23-13-3-6-21(7-4-13)16-2-5-20-17-14(16)10-12(18)11-15(17)19/h2,5,10-11,13H,3-4,6-9H2,1H3. The molecule has 0 amide bonds. The molecule has 1 aromatic heterocycles. The largest absolute Gasteiger partial charge is 0.382 e. The van der Waals surface area contributed by atoms with E-state index in [1.54, 1.807) is 13.3 Å². The first-order valence-electron chi connectivity index (χ1n) is 7.78. The quantitative estimate of drug-likeness (QED) is 0.792. The number of hydrogen-bond donors (Lipinski definition) is 0. The molecule has 2 aromatic rings. The van der Waals surface area contributed by atoms with Crippen molar-refractivity contribution in [2.45, 2.75) is 18.9 Å². The number of piperidine rings is 1. The maximum atomic E-state index is 13.9. The molecule has 0 radical (unpaired) electrons. The van der Waals surface area contributed by atoms with Gasteiger partial charge >= 0.3 is 0 Å². The monoisotopic (exact) mass is 322 g/mol. The number of pyridine rings is 1. The fraction of sp³-hybridized carbons (Fsp3) is 0.471. The molecule has 1 aliphatic rings. The van der Waals surface area contributed by atoms with Crippen LogP contribution in [-0.2, 0) is 9.47 Å². The van der Waals surface area contributed by atoms with Crippen LogP contribution < -0.4 is 4.90 Å². The molecule has 1 saturated heterocycles. The normalized spacial score (nSPS) is 16.2. The highest BCUT2D eigenvalue weighted by molar-refractivity contribution is 5.92. The third-order valence-electron chi connectivity index (χ3n) is 4.16. The fourth-order valence-corrected chi connectivity index (χ4v) is 3.00.